The van der Waals surface area contributed by atoms with E-state index in [1.54, 1.807) is 6.26 Å². The second-order valence-electron chi connectivity index (χ2n) is 4.36. The van der Waals surface area contributed by atoms with E-state index in [0.29, 0.717) is 10.5 Å². The van der Waals surface area contributed by atoms with Gasteiger partial charge in [0, 0.05) is 28.9 Å². The van der Waals surface area contributed by atoms with E-state index in [-0.39, 0.29) is 6.04 Å². The molecule has 2 rings (SSSR count). The van der Waals surface area contributed by atoms with Gasteiger partial charge in [0.2, 0.25) is 0 Å². The van der Waals surface area contributed by atoms with Crippen molar-refractivity contribution in [3.8, 4) is 0 Å². The Bertz CT molecular complexity index is 627. The van der Waals surface area contributed by atoms with Crippen molar-refractivity contribution < 1.29 is 4.21 Å². The molecule has 5 heteroatoms. The van der Waals surface area contributed by atoms with Gasteiger partial charge < -0.3 is 9.55 Å². The quantitative estimate of drug-likeness (QED) is 0.869. The van der Waals surface area contributed by atoms with Gasteiger partial charge in [-0.2, -0.15) is 0 Å². The van der Waals surface area contributed by atoms with Crippen molar-refractivity contribution in [3.05, 3.63) is 28.5 Å². The molecule has 0 amide bonds. The molecule has 1 heterocycles. The van der Waals surface area contributed by atoms with E-state index in [1.165, 1.54) is 5.56 Å². The molecule has 0 saturated heterocycles. The Morgan fingerprint density at radius 2 is 2.24 bits per heavy atom. The minimum atomic E-state index is -0.818. The molecule has 92 valence electrons. The molecule has 1 aromatic carbocycles. The number of nitrogens with one attached hydrogen (secondary N) is 1. The van der Waals surface area contributed by atoms with E-state index in [9.17, 15) is 4.21 Å². The summed E-state index contributed by atoms with van der Waals surface area (Å²) in [5, 5.41) is 0. The average Bonchev–Trinajstić information content (AvgIpc) is 2.55. The van der Waals surface area contributed by atoms with Crippen molar-refractivity contribution >= 4 is 34.1 Å². The van der Waals surface area contributed by atoms with Crippen molar-refractivity contribution in [1.82, 2.24) is 9.55 Å². The molecule has 1 N–H and O–H groups in total. The predicted octanol–water partition coefficient (Wildman–Crippen LogP) is 2.95. The number of benzene rings is 1. The van der Waals surface area contributed by atoms with E-state index < -0.39 is 10.8 Å². The van der Waals surface area contributed by atoms with Crippen molar-refractivity contribution in [1.29, 1.82) is 0 Å². The second kappa shape index (κ2) is 4.74. The lowest BCUT2D eigenvalue weighted by molar-refractivity contribution is 0.605. The number of aromatic nitrogens is 2. The summed E-state index contributed by atoms with van der Waals surface area (Å²) in [7, 11) is -0.818. The summed E-state index contributed by atoms with van der Waals surface area (Å²) < 4.78 is 14.1. The molecule has 17 heavy (non-hydrogen) atoms. The van der Waals surface area contributed by atoms with Crippen LogP contribution >= 0.6 is 12.2 Å². The fourth-order valence-corrected chi connectivity index (χ4v) is 3.35. The zero-order valence-electron chi connectivity index (χ0n) is 10.2. The Kier molecular flexibility index (Phi) is 3.49. The Balaban J connectivity index is 2.61. The number of hydrogen-bond donors (Lipinski definition) is 1. The van der Waals surface area contributed by atoms with E-state index in [1.807, 2.05) is 19.1 Å². The molecule has 0 spiro atoms. The second-order valence-corrected chi connectivity index (χ2v) is 6.22. The van der Waals surface area contributed by atoms with E-state index in [4.69, 9.17) is 12.2 Å². The Morgan fingerprint density at radius 1 is 1.53 bits per heavy atom. The van der Waals surface area contributed by atoms with Gasteiger partial charge >= 0.3 is 0 Å². The number of fused-ring (bicyclic) bond motifs is 1. The molecule has 0 aliphatic heterocycles. The molecule has 1 aromatic heterocycles. The van der Waals surface area contributed by atoms with Gasteiger partial charge in [0.05, 0.1) is 11.0 Å². The van der Waals surface area contributed by atoms with Gasteiger partial charge in [-0.3, -0.25) is 4.21 Å². The normalized spacial score (nSPS) is 15.0. The SMILES string of the molecule is Cc1cccc2c1[nH]c(=S)n2C(C)CS(C)=O. The summed E-state index contributed by atoms with van der Waals surface area (Å²) in [6.45, 7) is 4.10. The van der Waals surface area contributed by atoms with E-state index >= 15 is 0 Å². The zero-order valence-corrected chi connectivity index (χ0v) is 11.8. The van der Waals surface area contributed by atoms with Gasteiger partial charge in [0.25, 0.3) is 0 Å². The van der Waals surface area contributed by atoms with Gasteiger partial charge in [-0.1, -0.05) is 12.1 Å². The number of hydrogen-bond acceptors (Lipinski definition) is 2. The lowest BCUT2D eigenvalue weighted by Gasteiger charge is -2.13. The molecule has 2 atom stereocenters. The average molecular weight is 268 g/mol. The first-order chi connectivity index (χ1) is 8.00. The van der Waals surface area contributed by atoms with Crippen molar-refractivity contribution in [2.45, 2.75) is 19.9 Å². The fourth-order valence-electron chi connectivity index (χ4n) is 2.14. The Morgan fingerprint density at radius 3 is 2.88 bits per heavy atom. The maximum absolute atomic E-state index is 11.3. The smallest absolute Gasteiger partial charge is 0.178 e. The summed E-state index contributed by atoms with van der Waals surface area (Å²) in [6, 6.07) is 6.26. The van der Waals surface area contributed by atoms with Crippen LogP contribution in [0, 0.1) is 11.7 Å². The zero-order chi connectivity index (χ0) is 12.6. The maximum atomic E-state index is 11.3. The number of H-pyrrole nitrogens is 1. The molecule has 2 aromatic rings. The molecule has 3 nitrogen and oxygen atoms in total. The van der Waals surface area contributed by atoms with Crippen LogP contribution in [-0.2, 0) is 10.8 Å². The van der Waals surface area contributed by atoms with Crippen LogP contribution in [0.3, 0.4) is 0 Å². The molecular weight excluding hydrogens is 252 g/mol. The first kappa shape index (κ1) is 12.5. The minimum Gasteiger partial charge on any atom is -0.330 e. The van der Waals surface area contributed by atoms with E-state index in [0.717, 1.165) is 11.0 Å². The van der Waals surface area contributed by atoms with Gasteiger partial charge in [-0.25, -0.2) is 0 Å². The van der Waals surface area contributed by atoms with E-state index in [2.05, 4.69) is 22.5 Å². The first-order valence-corrected chi connectivity index (χ1v) is 7.64. The standard InChI is InChI=1S/C12H16N2OS2/c1-8-5-4-6-10-11(8)13-12(16)14(10)9(2)7-17(3)15/h4-6,9H,7H2,1-3H3,(H,13,16). The van der Waals surface area contributed by atoms with Gasteiger partial charge in [-0.05, 0) is 37.7 Å². The highest BCUT2D eigenvalue weighted by molar-refractivity contribution is 7.84. The van der Waals surface area contributed by atoms with Crippen molar-refractivity contribution in [2.24, 2.45) is 0 Å². The number of aromatic amines is 1. The van der Waals surface area contributed by atoms with Crippen molar-refractivity contribution in [3.63, 3.8) is 0 Å². The summed E-state index contributed by atoms with van der Waals surface area (Å²) in [5.74, 6) is 0.620. The van der Waals surface area contributed by atoms with Crippen molar-refractivity contribution in [2.75, 3.05) is 12.0 Å². The number of imidazole rings is 1. The highest BCUT2D eigenvalue weighted by atomic mass is 32.2. The van der Waals surface area contributed by atoms with Crippen LogP contribution in [-0.4, -0.2) is 25.8 Å². The molecule has 0 saturated carbocycles. The molecule has 0 aliphatic rings. The molecule has 0 fully saturated rings. The van der Waals surface area contributed by atoms with Gasteiger partial charge in [-0.15, -0.1) is 0 Å². The Hall–Kier alpha value is -0.940. The third kappa shape index (κ3) is 2.35. The molecule has 0 bridgehead atoms. The molecule has 0 radical (unpaired) electrons. The van der Waals surface area contributed by atoms with Gasteiger partial charge in [0.15, 0.2) is 4.77 Å². The highest BCUT2D eigenvalue weighted by Crippen LogP contribution is 2.22. The fraction of sp³-hybridized carbons (Fsp3) is 0.417. The van der Waals surface area contributed by atoms with Crippen LogP contribution in [0.25, 0.3) is 11.0 Å². The topological polar surface area (TPSA) is 37.8 Å². The first-order valence-electron chi connectivity index (χ1n) is 5.50. The van der Waals surface area contributed by atoms with Crippen LogP contribution in [0.15, 0.2) is 18.2 Å². The number of nitrogens with zero attached hydrogens (tertiary/aromatic N) is 1. The molecule has 0 aliphatic carbocycles. The van der Waals surface area contributed by atoms with Crippen LogP contribution in [0.2, 0.25) is 0 Å². The summed E-state index contributed by atoms with van der Waals surface area (Å²) in [6.07, 6.45) is 1.72. The third-order valence-corrected chi connectivity index (χ3v) is 4.13. The third-order valence-electron chi connectivity index (χ3n) is 2.88. The van der Waals surface area contributed by atoms with Crippen LogP contribution < -0.4 is 0 Å². The lowest BCUT2D eigenvalue weighted by atomic mass is 10.2. The van der Waals surface area contributed by atoms with Crippen LogP contribution in [0.1, 0.15) is 18.5 Å². The molecular formula is C12H16N2OS2. The summed E-state index contributed by atoms with van der Waals surface area (Å²) in [4.78, 5) is 3.23. The van der Waals surface area contributed by atoms with Crippen LogP contribution in [0.5, 0.6) is 0 Å². The summed E-state index contributed by atoms with van der Waals surface area (Å²) >= 11 is 5.35. The maximum Gasteiger partial charge on any atom is 0.178 e. The number of rotatable bonds is 3. The van der Waals surface area contributed by atoms with Crippen LogP contribution in [0.4, 0.5) is 0 Å². The number of aryl methyl sites for hydroxylation is 1. The highest BCUT2D eigenvalue weighted by Gasteiger charge is 2.13. The van der Waals surface area contributed by atoms with Gasteiger partial charge in [0.1, 0.15) is 0 Å². The largest absolute Gasteiger partial charge is 0.330 e. The minimum absolute atomic E-state index is 0.142. The lowest BCUT2D eigenvalue weighted by Crippen LogP contribution is -2.12. The summed E-state index contributed by atoms with van der Waals surface area (Å²) in [5.41, 5.74) is 3.34. The Labute approximate surface area is 108 Å². The number of para-hydroxylation sites is 1. The monoisotopic (exact) mass is 268 g/mol. The predicted molar refractivity (Wildman–Crippen MR) is 75.5 cm³/mol. The molecule has 2 unspecified atom stereocenters.